The molecule has 1 aromatic heterocycles. The molecule has 0 saturated heterocycles. The smallest absolute Gasteiger partial charge is 0.270 e. The van der Waals surface area contributed by atoms with Crippen molar-refractivity contribution in [3.8, 4) is 6.07 Å². The normalized spacial score (nSPS) is 10.0. The molecule has 2 aromatic carbocycles. The number of benzene rings is 2. The number of aromatic nitrogens is 2. The van der Waals surface area contributed by atoms with Crippen LogP contribution in [0.3, 0.4) is 0 Å². The molecule has 0 radical (unpaired) electrons. The van der Waals surface area contributed by atoms with Crippen LogP contribution in [0.5, 0.6) is 0 Å². The van der Waals surface area contributed by atoms with Gasteiger partial charge in [-0.15, -0.1) is 0 Å². The highest BCUT2D eigenvalue weighted by Crippen LogP contribution is 2.14. The van der Waals surface area contributed by atoms with E-state index in [0.29, 0.717) is 23.7 Å². The molecule has 0 spiro atoms. The van der Waals surface area contributed by atoms with Gasteiger partial charge in [0.05, 0.1) is 11.6 Å². The van der Waals surface area contributed by atoms with Gasteiger partial charge in [-0.1, -0.05) is 35.9 Å². The van der Waals surface area contributed by atoms with E-state index in [-0.39, 0.29) is 11.6 Å². The lowest BCUT2D eigenvalue weighted by molar-refractivity contribution is 0.0946. The monoisotopic (exact) mass is 343 g/mol. The van der Waals surface area contributed by atoms with E-state index >= 15 is 0 Å². The number of hydrogen-bond donors (Lipinski definition) is 2. The summed E-state index contributed by atoms with van der Waals surface area (Å²) >= 11 is 0. The summed E-state index contributed by atoms with van der Waals surface area (Å²) in [6, 6.07) is 18.5. The Kier molecular flexibility index (Phi) is 5.20. The largest absolute Gasteiger partial charge is 0.347 e. The van der Waals surface area contributed by atoms with Gasteiger partial charge in [-0.3, -0.25) is 4.79 Å². The number of anilines is 2. The van der Waals surface area contributed by atoms with Crippen LogP contribution < -0.4 is 10.6 Å². The van der Waals surface area contributed by atoms with Gasteiger partial charge in [0, 0.05) is 18.4 Å². The van der Waals surface area contributed by atoms with E-state index in [1.165, 1.54) is 6.20 Å². The average Bonchev–Trinajstić information content (AvgIpc) is 2.66. The van der Waals surface area contributed by atoms with E-state index in [1.54, 1.807) is 30.3 Å². The second-order valence-electron chi connectivity index (χ2n) is 5.75. The summed E-state index contributed by atoms with van der Waals surface area (Å²) in [5.41, 5.74) is 3.65. The number of hydrogen-bond acceptors (Lipinski definition) is 5. The standard InChI is InChI=1S/C20H17N5O/c1-14-4-2-6-16(10-14)13-23-19(26)18-8-9-22-20(25-18)24-17-7-3-5-15(11-17)12-21/h2-11H,13H2,1H3,(H,23,26)(H,22,24,25). The first kappa shape index (κ1) is 17.1. The Labute approximate surface area is 151 Å². The number of rotatable bonds is 5. The number of carbonyl (C=O) groups is 1. The minimum Gasteiger partial charge on any atom is -0.347 e. The zero-order chi connectivity index (χ0) is 18.4. The van der Waals surface area contributed by atoms with Gasteiger partial charge in [-0.05, 0) is 36.8 Å². The third-order valence-electron chi connectivity index (χ3n) is 3.67. The molecule has 0 aliphatic rings. The molecule has 6 nitrogen and oxygen atoms in total. The molecule has 0 aliphatic heterocycles. The van der Waals surface area contributed by atoms with Gasteiger partial charge >= 0.3 is 0 Å². The zero-order valence-electron chi connectivity index (χ0n) is 14.2. The fraction of sp³-hybridized carbons (Fsp3) is 0.100. The van der Waals surface area contributed by atoms with E-state index in [1.807, 2.05) is 31.2 Å². The lowest BCUT2D eigenvalue weighted by Gasteiger charge is -2.08. The number of aryl methyl sites for hydroxylation is 1. The molecule has 0 saturated carbocycles. The van der Waals surface area contributed by atoms with Crippen LogP contribution in [0.25, 0.3) is 0 Å². The minimum absolute atomic E-state index is 0.270. The Balaban J connectivity index is 1.68. The molecule has 0 unspecified atom stereocenters. The van der Waals surface area contributed by atoms with E-state index in [4.69, 9.17) is 5.26 Å². The molecule has 3 rings (SSSR count). The summed E-state index contributed by atoms with van der Waals surface area (Å²) in [5, 5.41) is 14.8. The van der Waals surface area contributed by atoms with Crippen LogP contribution in [0.4, 0.5) is 11.6 Å². The van der Waals surface area contributed by atoms with E-state index in [2.05, 4.69) is 26.7 Å². The van der Waals surface area contributed by atoms with Crippen molar-refractivity contribution in [3.63, 3.8) is 0 Å². The molecule has 128 valence electrons. The maximum absolute atomic E-state index is 12.3. The summed E-state index contributed by atoms with van der Waals surface area (Å²) in [7, 11) is 0. The van der Waals surface area contributed by atoms with Crippen LogP contribution in [-0.4, -0.2) is 15.9 Å². The Morgan fingerprint density at radius 3 is 2.81 bits per heavy atom. The van der Waals surface area contributed by atoms with Crippen LogP contribution in [-0.2, 0) is 6.54 Å². The second-order valence-corrected chi connectivity index (χ2v) is 5.75. The third kappa shape index (κ3) is 4.42. The van der Waals surface area contributed by atoms with Gasteiger partial charge in [-0.2, -0.15) is 5.26 Å². The molecule has 0 atom stereocenters. The van der Waals surface area contributed by atoms with E-state index in [0.717, 1.165) is 11.1 Å². The van der Waals surface area contributed by atoms with Crippen molar-refractivity contribution in [2.75, 3.05) is 5.32 Å². The van der Waals surface area contributed by atoms with Crippen molar-refractivity contribution < 1.29 is 4.79 Å². The second kappa shape index (κ2) is 7.90. The maximum Gasteiger partial charge on any atom is 0.270 e. The minimum atomic E-state index is -0.275. The van der Waals surface area contributed by atoms with Crippen molar-refractivity contribution in [2.24, 2.45) is 0 Å². The predicted octanol–water partition coefficient (Wildman–Crippen LogP) is 3.33. The van der Waals surface area contributed by atoms with Gasteiger partial charge in [-0.25, -0.2) is 9.97 Å². The quantitative estimate of drug-likeness (QED) is 0.741. The van der Waals surface area contributed by atoms with Crippen molar-refractivity contribution in [2.45, 2.75) is 13.5 Å². The SMILES string of the molecule is Cc1cccc(CNC(=O)c2ccnc(Nc3cccc(C#N)c3)n2)c1. The van der Waals surface area contributed by atoms with Gasteiger partial charge in [0.2, 0.25) is 5.95 Å². The summed E-state index contributed by atoms with van der Waals surface area (Å²) in [6.45, 7) is 2.44. The fourth-order valence-electron chi connectivity index (χ4n) is 2.44. The van der Waals surface area contributed by atoms with E-state index < -0.39 is 0 Å². The third-order valence-corrected chi connectivity index (χ3v) is 3.67. The topological polar surface area (TPSA) is 90.7 Å². The maximum atomic E-state index is 12.3. The van der Waals surface area contributed by atoms with Gasteiger partial charge in [0.25, 0.3) is 5.91 Å². The van der Waals surface area contributed by atoms with Crippen LogP contribution in [0, 0.1) is 18.3 Å². The van der Waals surface area contributed by atoms with Crippen molar-refractivity contribution in [1.29, 1.82) is 5.26 Å². The van der Waals surface area contributed by atoms with Crippen molar-refractivity contribution in [3.05, 3.63) is 83.2 Å². The summed E-state index contributed by atoms with van der Waals surface area (Å²) < 4.78 is 0. The van der Waals surface area contributed by atoms with Crippen molar-refractivity contribution in [1.82, 2.24) is 15.3 Å². The fourth-order valence-corrected chi connectivity index (χ4v) is 2.44. The Bertz CT molecular complexity index is 978. The molecular weight excluding hydrogens is 326 g/mol. The van der Waals surface area contributed by atoms with Crippen LogP contribution in [0.1, 0.15) is 27.2 Å². The molecular formula is C20H17N5O. The number of nitrogens with one attached hydrogen (secondary N) is 2. The summed E-state index contributed by atoms with van der Waals surface area (Å²) in [5.74, 6) is 0.0195. The molecule has 3 aromatic rings. The molecule has 0 fully saturated rings. The van der Waals surface area contributed by atoms with Gasteiger partial charge in [0.15, 0.2) is 0 Å². The first-order valence-electron chi connectivity index (χ1n) is 8.08. The van der Waals surface area contributed by atoms with Crippen LogP contribution in [0.2, 0.25) is 0 Å². The predicted molar refractivity (Wildman–Crippen MR) is 98.8 cm³/mol. The molecule has 1 heterocycles. The first-order valence-corrected chi connectivity index (χ1v) is 8.08. The molecule has 2 N–H and O–H groups in total. The average molecular weight is 343 g/mol. The number of nitriles is 1. The van der Waals surface area contributed by atoms with Gasteiger partial charge in [0.1, 0.15) is 5.69 Å². The highest BCUT2D eigenvalue weighted by atomic mass is 16.1. The molecule has 1 amide bonds. The summed E-state index contributed by atoms with van der Waals surface area (Å²) in [4.78, 5) is 20.7. The Morgan fingerprint density at radius 2 is 2.00 bits per heavy atom. The molecule has 0 aliphatic carbocycles. The highest BCUT2D eigenvalue weighted by molar-refractivity contribution is 5.92. The highest BCUT2D eigenvalue weighted by Gasteiger charge is 2.09. The Hall–Kier alpha value is -3.72. The van der Waals surface area contributed by atoms with Crippen molar-refractivity contribution >= 4 is 17.5 Å². The lowest BCUT2D eigenvalue weighted by atomic mass is 10.1. The first-order chi connectivity index (χ1) is 12.6. The van der Waals surface area contributed by atoms with Crippen LogP contribution >= 0.6 is 0 Å². The zero-order valence-corrected chi connectivity index (χ0v) is 14.2. The number of nitrogens with zero attached hydrogens (tertiary/aromatic N) is 3. The summed E-state index contributed by atoms with van der Waals surface area (Å²) in [6.07, 6.45) is 1.52. The van der Waals surface area contributed by atoms with E-state index in [9.17, 15) is 4.79 Å². The van der Waals surface area contributed by atoms with Crippen LogP contribution in [0.15, 0.2) is 60.8 Å². The van der Waals surface area contributed by atoms with Gasteiger partial charge < -0.3 is 10.6 Å². The molecule has 6 heteroatoms. The number of amides is 1. The molecule has 26 heavy (non-hydrogen) atoms. The lowest BCUT2D eigenvalue weighted by Crippen LogP contribution is -2.24. The Morgan fingerprint density at radius 1 is 1.15 bits per heavy atom. The molecule has 0 bridgehead atoms. The number of carbonyl (C=O) groups excluding carboxylic acids is 1.